The van der Waals surface area contributed by atoms with Gasteiger partial charge in [-0.1, -0.05) is 0 Å². The number of rotatable bonds is 2. The van der Waals surface area contributed by atoms with Gasteiger partial charge in [0, 0.05) is 24.7 Å². The van der Waals surface area contributed by atoms with E-state index in [1.54, 1.807) is 17.7 Å². The minimum absolute atomic E-state index is 0.591. The van der Waals surface area contributed by atoms with E-state index in [9.17, 15) is 0 Å². The van der Waals surface area contributed by atoms with Crippen LogP contribution in [0.2, 0.25) is 0 Å². The zero-order chi connectivity index (χ0) is 12.5. The van der Waals surface area contributed by atoms with E-state index in [0.29, 0.717) is 5.92 Å². The number of nitrogens with one attached hydrogen (secondary N) is 1. The molecule has 2 aromatic rings. The van der Waals surface area contributed by atoms with Crippen molar-refractivity contribution in [2.24, 2.45) is 0 Å². The van der Waals surface area contributed by atoms with Gasteiger partial charge in [0.2, 0.25) is 0 Å². The molecule has 2 aromatic heterocycles. The summed E-state index contributed by atoms with van der Waals surface area (Å²) in [5.41, 5.74) is 9.34. The topological polar surface area (TPSA) is 57.9 Å². The van der Waals surface area contributed by atoms with Crippen molar-refractivity contribution >= 4 is 22.0 Å². The van der Waals surface area contributed by atoms with Crippen LogP contribution >= 0.6 is 11.3 Å². The van der Waals surface area contributed by atoms with E-state index in [1.165, 1.54) is 16.4 Å². The summed E-state index contributed by atoms with van der Waals surface area (Å²) in [6.45, 7) is 4.25. The molecule has 0 atom stereocenters. The highest BCUT2D eigenvalue weighted by Gasteiger charge is 2.24. The SMILES string of the molecule is Cc1[nH]cnc1C1CCN(c2sccc2N)CC1. The summed E-state index contributed by atoms with van der Waals surface area (Å²) in [7, 11) is 0. The molecule has 96 valence electrons. The van der Waals surface area contributed by atoms with Gasteiger partial charge in [0.15, 0.2) is 0 Å². The fourth-order valence-electron chi connectivity index (χ4n) is 2.71. The van der Waals surface area contributed by atoms with E-state index in [1.807, 2.05) is 6.07 Å². The molecule has 1 aliphatic rings. The average Bonchev–Trinajstić information content (AvgIpc) is 2.98. The smallest absolute Gasteiger partial charge is 0.114 e. The highest BCUT2D eigenvalue weighted by atomic mass is 32.1. The second-order valence-electron chi connectivity index (χ2n) is 4.86. The summed E-state index contributed by atoms with van der Waals surface area (Å²) in [5.74, 6) is 0.591. The summed E-state index contributed by atoms with van der Waals surface area (Å²) >= 11 is 1.74. The minimum atomic E-state index is 0.591. The highest BCUT2D eigenvalue weighted by Crippen LogP contribution is 2.35. The van der Waals surface area contributed by atoms with Crippen LogP contribution < -0.4 is 10.6 Å². The molecule has 3 N–H and O–H groups in total. The molecule has 0 bridgehead atoms. The van der Waals surface area contributed by atoms with Gasteiger partial charge < -0.3 is 15.6 Å². The monoisotopic (exact) mass is 262 g/mol. The van der Waals surface area contributed by atoms with Crippen LogP contribution in [0.4, 0.5) is 10.7 Å². The van der Waals surface area contributed by atoms with Gasteiger partial charge >= 0.3 is 0 Å². The van der Waals surface area contributed by atoms with E-state index in [0.717, 1.165) is 31.6 Å². The third-order valence-electron chi connectivity index (χ3n) is 3.71. The van der Waals surface area contributed by atoms with Crippen molar-refractivity contribution in [2.75, 3.05) is 23.7 Å². The van der Waals surface area contributed by atoms with E-state index in [4.69, 9.17) is 5.73 Å². The molecular weight excluding hydrogens is 244 g/mol. The number of nitrogens with two attached hydrogens (primary N) is 1. The maximum absolute atomic E-state index is 5.98. The van der Waals surface area contributed by atoms with Gasteiger partial charge in [-0.2, -0.15) is 0 Å². The average molecular weight is 262 g/mol. The van der Waals surface area contributed by atoms with Gasteiger partial charge in [0.05, 0.1) is 17.7 Å². The Bertz CT molecular complexity index is 474. The molecule has 4 nitrogen and oxygen atoms in total. The maximum atomic E-state index is 5.98. The van der Waals surface area contributed by atoms with Crippen molar-refractivity contribution in [2.45, 2.75) is 25.7 Å². The molecule has 0 spiro atoms. The summed E-state index contributed by atoms with van der Waals surface area (Å²) in [6, 6.07) is 1.99. The van der Waals surface area contributed by atoms with Gasteiger partial charge in [-0.05, 0) is 31.2 Å². The third-order valence-corrected chi connectivity index (χ3v) is 4.70. The van der Waals surface area contributed by atoms with Crippen LogP contribution in [-0.4, -0.2) is 23.1 Å². The molecule has 3 rings (SSSR count). The number of imidazole rings is 1. The number of H-pyrrole nitrogens is 1. The first-order valence-electron chi connectivity index (χ1n) is 6.33. The van der Waals surface area contributed by atoms with Crippen LogP contribution in [0.5, 0.6) is 0 Å². The summed E-state index contributed by atoms with van der Waals surface area (Å²) in [4.78, 5) is 10.0. The van der Waals surface area contributed by atoms with Crippen LogP contribution in [0.25, 0.3) is 0 Å². The number of nitrogens with zero attached hydrogens (tertiary/aromatic N) is 2. The number of thiophene rings is 1. The fraction of sp³-hybridized carbons (Fsp3) is 0.462. The Kier molecular flexibility index (Phi) is 2.99. The lowest BCUT2D eigenvalue weighted by Gasteiger charge is -2.32. The lowest BCUT2D eigenvalue weighted by atomic mass is 9.92. The van der Waals surface area contributed by atoms with Crippen LogP contribution in [0.15, 0.2) is 17.8 Å². The molecule has 0 unspecified atom stereocenters. The summed E-state index contributed by atoms with van der Waals surface area (Å²) in [5, 5.41) is 3.29. The number of nitrogen functional groups attached to an aromatic ring is 1. The number of hydrogen-bond acceptors (Lipinski definition) is 4. The van der Waals surface area contributed by atoms with Crippen molar-refractivity contribution < 1.29 is 0 Å². The maximum Gasteiger partial charge on any atom is 0.114 e. The Morgan fingerprint density at radius 1 is 1.44 bits per heavy atom. The molecule has 0 aromatic carbocycles. The van der Waals surface area contributed by atoms with Crippen LogP contribution in [0.1, 0.15) is 30.1 Å². The van der Waals surface area contributed by atoms with Gasteiger partial charge in [-0.15, -0.1) is 11.3 Å². The summed E-state index contributed by atoms with van der Waals surface area (Å²) in [6.07, 6.45) is 4.11. The Labute approximate surface area is 111 Å². The molecule has 0 saturated carbocycles. The van der Waals surface area contributed by atoms with E-state index >= 15 is 0 Å². The van der Waals surface area contributed by atoms with Crippen LogP contribution in [0, 0.1) is 6.92 Å². The second kappa shape index (κ2) is 4.65. The van der Waals surface area contributed by atoms with Crippen molar-refractivity contribution in [1.29, 1.82) is 0 Å². The standard InChI is InChI=1S/C13H18N4S/c1-9-12(16-8-15-9)10-2-5-17(6-3-10)13-11(14)4-7-18-13/h4,7-8,10H,2-3,5-6,14H2,1H3,(H,15,16). The first-order chi connectivity index (χ1) is 8.75. The molecule has 0 amide bonds. The Hall–Kier alpha value is -1.49. The van der Waals surface area contributed by atoms with Crippen molar-refractivity contribution in [3.05, 3.63) is 29.2 Å². The number of piperidine rings is 1. The van der Waals surface area contributed by atoms with Crippen LogP contribution in [0.3, 0.4) is 0 Å². The molecule has 0 radical (unpaired) electrons. The highest BCUT2D eigenvalue weighted by molar-refractivity contribution is 7.14. The fourth-order valence-corrected chi connectivity index (χ4v) is 3.58. The molecule has 1 fully saturated rings. The number of aryl methyl sites for hydroxylation is 1. The van der Waals surface area contributed by atoms with Gasteiger partial charge in [0.25, 0.3) is 0 Å². The Morgan fingerprint density at radius 2 is 2.22 bits per heavy atom. The van der Waals surface area contributed by atoms with Gasteiger partial charge in [-0.3, -0.25) is 0 Å². The predicted molar refractivity (Wildman–Crippen MR) is 76.2 cm³/mol. The summed E-state index contributed by atoms with van der Waals surface area (Å²) < 4.78 is 0. The molecule has 3 heterocycles. The molecular formula is C13H18N4S. The molecule has 1 saturated heterocycles. The first-order valence-corrected chi connectivity index (χ1v) is 7.21. The zero-order valence-electron chi connectivity index (χ0n) is 10.5. The van der Waals surface area contributed by atoms with E-state index in [-0.39, 0.29) is 0 Å². The molecule has 5 heteroatoms. The normalized spacial score (nSPS) is 17.3. The third kappa shape index (κ3) is 1.99. The lowest BCUT2D eigenvalue weighted by molar-refractivity contribution is 0.498. The number of anilines is 2. The van der Waals surface area contributed by atoms with Crippen molar-refractivity contribution in [3.8, 4) is 0 Å². The zero-order valence-corrected chi connectivity index (χ0v) is 11.3. The van der Waals surface area contributed by atoms with Crippen LogP contribution in [-0.2, 0) is 0 Å². The number of aromatic nitrogens is 2. The van der Waals surface area contributed by atoms with Crippen molar-refractivity contribution in [1.82, 2.24) is 9.97 Å². The second-order valence-corrected chi connectivity index (χ2v) is 5.75. The molecule has 1 aliphatic heterocycles. The number of hydrogen-bond donors (Lipinski definition) is 2. The quantitative estimate of drug-likeness (QED) is 0.875. The molecule has 0 aliphatic carbocycles. The first kappa shape index (κ1) is 11.6. The largest absolute Gasteiger partial charge is 0.396 e. The predicted octanol–water partition coefficient (Wildman–Crippen LogP) is 2.75. The van der Waals surface area contributed by atoms with Crippen molar-refractivity contribution in [3.63, 3.8) is 0 Å². The lowest BCUT2D eigenvalue weighted by Crippen LogP contribution is -2.33. The Morgan fingerprint density at radius 3 is 2.78 bits per heavy atom. The minimum Gasteiger partial charge on any atom is -0.396 e. The van der Waals surface area contributed by atoms with E-state index in [2.05, 4.69) is 27.2 Å². The molecule has 18 heavy (non-hydrogen) atoms. The Balaban J connectivity index is 1.69. The van der Waals surface area contributed by atoms with Gasteiger partial charge in [0.1, 0.15) is 5.00 Å². The van der Waals surface area contributed by atoms with Gasteiger partial charge in [-0.25, -0.2) is 4.98 Å². The van der Waals surface area contributed by atoms with E-state index < -0.39 is 0 Å². The number of aromatic amines is 1.